The first-order chi connectivity index (χ1) is 13.2. The Labute approximate surface area is 161 Å². The highest BCUT2D eigenvalue weighted by molar-refractivity contribution is 5.74. The molecule has 0 aliphatic heterocycles. The SMILES string of the molecule is COc1ccc(CCNC(=O)NCC2(c3ccccc3)CCC2)cc1OC. The van der Waals surface area contributed by atoms with E-state index < -0.39 is 0 Å². The van der Waals surface area contributed by atoms with Gasteiger partial charge in [0.25, 0.3) is 0 Å². The summed E-state index contributed by atoms with van der Waals surface area (Å²) in [4.78, 5) is 12.2. The molecule has 0 bridgehead atoms. The van der Waals surface area contributed by atoms with Crippen LogP contribution in [0.2, 0.25) is 0 Å². The van der Waals surface area contributed by atoms with Crippen molar-refractivity contribution in [3.63, 3.8) is 0 Å². The molecule has 5 heteroatoms. The van der Waals surface area contributed by atoms with Crippen molar-refractivity contribution in [2.24, 2.45) is 0 Å². The fourth-order valence-corrected chi connectivity index (χ4v) is 3.63. The highest BCUT2D eigenvalue weighted by atomic mass is 16.5. The minimum atomic E-state index is -0.113. The van der Waals surface area contributed by atoms with E-state index in [2.05, 4.69) is 34.9 Å². The largest absolute Gasteiger partial charge is 0.493 e. The minimum Gasteiger partial charge on any atom is -0.493 e. The molecule has 2 N–H and O–H groups in total. The lowest BCUT2D eigenvalue weighted by molar-refractivity contribution is 0.215. The Balaban J connectivity index is 1.46. The molecule has 0 aromatic heterocycles. The lowest BCUT2D eigenvalue weighted by Crippen LogP contribution is -2.48. The van der Waals surface area contributed by atoms with Crippen LogP contribution in [-0.2, 0) is 11.8 Å². The molecule has 2 amide bonds. The van der Waals surface area contributed by atoms with Crippen LogP contribution in [-0.4, -0.2) is 33.3 Å². The Bertz CT molecular complexity index is 757. The first-order valence-corrected chi connectivity index (χ1v) is 9.45. The Morgan fingerprint density at radius 2 is 1.74 bits per heavy atom. The van der Waals surface area contributed by atoms with E-state index in [-0.39, 0.29) is 11.4 Å². The quantitative estimate of drug-likeness (QED) is 0.747. The molecular formula is C22H28N2O3. The van der Waals surface area contributed by atoms with Gasteiger partial charge in [0.15, 0.2) is 11.5 Å². The number of benzene rings is 2. The van der Waals surface area contributed by atoms with Gasteiger partial charge in [0.05, 0.1) is 14.2 Å². The summed E-state index contributed by atoms with van der Waals surface area (Å²) >= 11 is 0. The second kappa shape index (κ2) is 8.80. The van der Waals surface area contributed by atoms with Crippen molar-refractivity contribution in [3.8, 4) is 11.5 Å². The van der Waals surface area contributed by atoms with Crippen LogP contribution in [0.3, 0.4) is 0 Å². The maximum atomic E-state index is 12.2. The maximum absolute atomic E-state index is 12.2. The van der Waals surface area contributed by atoms with E-state index >= 15 is 0 Å². The van der Waals surface area contributed by atoms with Gasteiger partial charge in [-0.15, -0.1) is 0 Å². The molecule has 1 saturated carbocycles. The van der Waals surface area contributed by atoms with Crippen LogP contribution < -0.4 is 20.1 Å². The molecule has 3 rings (SSSR count). The van der Waals surface area contributed by atoms with Crippen molar-refractivity contribution in [1.29, 1.82) is 0 Å². The summed E-state index contributed by atoms with van der Waals surface area (Å²) in [5, 5.41) is 6.00. The second-order valence-corrected chi connectivity index (χ2v) is 7.05. The zero-order valence-corrected chi connectivity index (χ0v) is 16.1. The third kappa shape index (κ3) is 4.54. The van der Waals surface area contributed by atoms with Crippen LogP contribution in [0.15, 0.2) is 48.5 Å². The summed E-state index contributed by atoms with van der Waals surface area (Å²) < 4.78 is 10.6. The average Bonchev–Trinajstić information content (AvgIpc) is 2.68. The summed E-state index contributed by atoms with van der Waals surface area (Å²) in [6, 6.07) is 16.2. The molecule has 1 aliphatic rings. The van der Waals surface area contributed by atoms with Crippen LogP contribution in [0.4, 0.5) is 4.79 Å². The summed E-state index contributed by atoms with van der Waals surface area (Å²) in [5.74, 6) is 1.41. The van der Waals surface area contributed by atoms with E-state index in [4.69, 9.17) is 9.47 Å². The van der Waals surface area contributed by atoms with E-state index in [0.29, 0.717) is 24.6 Å². The first kappa shape index (κ1) is 19.1. The molecule has 0 heterocycles. The molecule has 27 heavy (non-hydrogen) atoms. The highest BCUT2D eigenvalue weighted by Crippen LogP contribution is 2.43. The number of hydrogen-bond acceptors (Lipinski definition) is 3. The lowest BCUT2D eigenvalue weighted by atomic mass is 9.64. The molecule has 1 fully saturated rings. The third-order valence-electron chi connectivity index (χ3n) is 5.43. The number of amides is 2. The molecule has 5 nitrogen and oxygen atoms in total. The smallest absolute Gasteiger partial charge is 0.314 e. The summed E-state index contributed by atoms with van der Waals surface area (Å²) in [6.07, 6.45) is 4.21. The van der Waals surface area contributed by atoms with E-state index in [1.807, 2.05) is 24.3 Å². The minimum absolute atomic E-state index is 0.0992. The predicted octanol–water partition coefficient (Wildman–Crippen LogP) is 3.67. The van der Waals surface area contributed by atoms with Crippen molar-refractivity contribution in [2.75, 3.05) is 27.3 Å². The van der Waals surface area contributed by atoms with Gasteiger partial charge in [-0.05, 0) is 42.5 Å². The number of carbonyl (C=O) groups excluding carboxylic acids is 1. The standard InChI is InChI=1S/C22H28N2O3/c1-26-19-10-9-17(15-20(19)27-2)11-14-23-21(25)24-16-22(12-6-13-22)18-7-4-3-5-8-18/h3-5,7-10,15H,6,11-14,16H2,1-2H3,(H2,23,24,25). The van der Waals surface area contributed by atoms with E-state index in [9.17, 15) is 4.79 Å². The van der Waals surface area contributed by atoms with Gasteiger partial charge < -0.3 is 20.1 Å². The summed E-state index contributed by atoms with van der Waals surface area (Å²) in [5.41, 5.74) is 2.51. The van der Waals surface area contributed by atoms with Gasteiger partial charge >= 0.3 is 6.03 Å². The Morgan fingerprint density at radius 3 is 2.37 bits per heavy atom. The first-order valence-electron chi connectivity index (χ1n) is 9.45. The van der Waals surface area contributed by atoms with Crippen LogP contribution in [0.5, 0.6) is 11.5 Å². The summed E-state index contributed by atoms with van der Waals surface area (Å²) in [6.45, 7) is 1.25. The molecule has 0 unspecified atom stereocenters. The number of carbonyl (C=O) groups is 1. The number of urea groups is 1. The molecular weight excluding hydrogens is 340 g/mol. The third-order valence-corrected chi connectivity index (χ3v) is 5.43. The van der Waals surface area contributed by atoms with E-state index in [0.717, 1.165) is 24.8 Å². The topological polar surface area (TPSA) is 59.6 Å². The van der Waals surface area contributed by atoms with Crippen molar-refractivity contribution in [3.05, 3.63) is 59.7 Å². The van der Waals surface area contributed by atoms with Crippen LogP contribution in [0, 0.1) is 0 Å². The molecule has 0 saturated heterocycles. The van der Waals surface area contributed by atoms with Gasteiger partial charge in [0.1, 0.15) is 0 Å². The average molecular weight is 368 g/mol. The fraction of sp³-hybridized carbons (Fsp3) is 0.409. The highest BCUT2D eigenvalue weighted by Gasteiger charge is 2.38. The van der Waals surface area contributed by atoms with E-state index in [1.165, 1.54) is 12.0 Å². The molecule has 0 spiro atoms. The number of rotatable bonds is 8. The molecule has 2 aromatic rings. The molecule has 0 radical (unpaired) electrons. The van der Waals surface area contributed by atoms with Gasteiger partial charge in [-0.3, -0.25) is 0 Å². The zero-order chi connectivity index (χ0) is 19.1. The van der Waals surface area contributed by atoms with Gasteiger partial charge in [0, 0.05) is 18.5 Å². The summed E-state index contributed by atoms with van der Waals surface area (Å²) in [7, 11) is 3.24. The van der Waals surface area contributed by atoms with Gasteiger partial charge in [-0.2, -0.15) is 0 Å². The maximum Gasteiger partial charge on any atom is 0.314 e. The molecule has 144 valence electrons. The Morgan fingerprint density at radius 1 is 1.00 bits per heavy atom. The van der Waals surface area contributed by atoms with Gasteiger partial charge in [-0.25, -0.2) is 4.79 Å². The predicted molar refractivity (Wildman–Crippen MR) is 107 cm³/mol. The molecule has 1 aliphatic carbocycles. The Kier molecular flexibility index (Phi) is 6.22. The van der Waals surface area contributed by atoms with Crippen molar-refractivity contribution < 1.29 is 14.3 Å². The van der Waals surface area contributed by atoms with Crippen LogP contribution >= 0.6 is 0 Å². The van der Waals surface area contributed by atoms with Crippen molar-refractivity contribution in [2.45, 2.75) is 31.1 Å². The van der Waals surface area contributed by atoms with Crippen molar-refractivity contribution in [1.82, 2.24) is 10.6 Å². The molecule has 2 aromatic carbocycles. The number of ether oxygens (including phenoxy) is 2. The fourth-order valence-electron chi connectivity index (χ4n) is 3.63. The molecule has 0 atom stereocenters. The normalized spacial score (nSPS) is 14.7. The lowest BCUT2D eigenvalue weighted by Gasteiger charge is -2.42. The van der Waals surface area contributed by atoms with Crippen LogP contribution in [0.25, 0.3) is 0 Å². The Hall–Kier alpha value is -2.69. The van der Waals surface area contributed by atoms with E-state index in [1.54, 1.807) is 14.2 Å². The van der Waals surface area contributed by atoms with Gasteiger partial charge in [0.2, 0.25) is 0 Å². The number of methoxy groups -OCH3 is 2. The van der Waals surface area contributed by atoms with Crippen molar-refractivity contribution >= 4 is 6.03 Å². The number of hydrogen-bond donors (Lipinski definition) is 2. The van der Waals surface area contributed by atoms with Gasteiger partial charge in [-0.1, -0.05) is 42.8 Å². The van der Waals surface area contributed by atoms with Crippen LogP contribution in [0.1, 0.15) is 30.4 Å². The zero-order valence-electron chi connectivity index (χ0n) is 16.1. The second-order valence-electron chi connectivity index (χ2n) is 7.05. The monoisotopic (exact) mass is 368 g/mol. The number of nitrogens with one attached hydrogen (secondary N) is 2.